The molecule has 3 nitrogen and oxygen atoms in total. The van der Waals surface area contributed by atoms with Crippen molar-refractivity contribution in [3.63, 3.8) is 0 Å². The molecule has 1 fully saturated rings. The fraction of sp³-hybridized carbons (Fsp3) is 0.538. The van der Waals surface area contributed by atoms with Crippen molar-refractivity contribution in [3.05, 3.63) is 29.3 Å². The molecule has 0 radical (unpaired) electrons. The van der Waals surface area contributed by atoms with Crippen LogP contribution in [0.4, 0.5) is 0 Å². The molecule has 1 heterocycles. The van der Waals surface area contributed by atoms with Gasteiger partial charge >= 0.3 is 0 Å². The first-order valence-corrected chi connectivity index (χ1v) is 5.73. The summed E-state index contributed by atoms with van der Waals surface area (Å²) in [6, 6.07) is 6.30. The van der Waals surface area contributed by atoms with Crippen LogP contribution in [0.15, 0.2) is 18.2 Å². The molecule has 0 spiro atoms. The van der Waals surface area contributed by atoms with Crippen LogP contribution < -0.4 is 10.5 Å². The second kappa shape index (κ2) is 4.44. The standard InChI is InChI=1S/C13H19NO2/c1-3-16-12-5-4-11(6-10(12)2)13(7-14)8-15-9-13/h4-6H,3,7-9,14H2,1-2H3. The summed E-state index contributed by atoms with van der Waals surface area (Å²) in [6.45, 7) is 6.87. The highest BCUT2D eigenvalue weighted by Crippen LogP contribution is 2.33. The molecule has 16 heavy (non-hydrogen) atoms. The molecule has 0 bridgehead atoms. The van der Waals surface area contributed by atoms with Crippen LogP contribution in [0.2, 0.25) is 0 Å². The van der Waals surface area contributed by atoms with Crippen LogP contribution in [-0.2, 0) is 10.2 Å². The summed E-state index contributed by atoms with van der Waals surface area (Å²) in [5, 5.41) is 0. The molecule has 0 unspecified atom stereocenters. The Hall–Kier alpha value is -1.06. The molecule has 2 rings (SSSR count). The number of ether oxygens (including phenoxy) is 2. The molecule has 0 saturated carbocycles. The van der Waals surface area contributed by atoms with Gasteiger partial charge in [0, 0.05) is 6.54 Å². The maximum absolute atomic E-state index is 5.84. The van der Waals surface area contributed by atoms with Crippen molar-refractivity contribution in [1.29, 1.82) is 0 Å². The summed E-state index contributed by atoms with van der Waals surface area (Å²) in [6.07, 6.45) is 0. The van der Waals surface area contributed by atoms with E-state index in [9.17, 15) is 0 Å². The predicted octanol–water partition coefficient (Wildman–Crippen LogP) is 1.62. The number of benzene rings is 1. The molecule has 0 aromatic heterocycles. The van der Waals surface area contributed by atoms with E-state index in [0.717, 1.165) is 19.0 Å². The molecule has 1 aliphatic rings. The SMILES string of the molecule is CCOc1ccc(C2(CN)COC2)cc1C. The van der Waals surface area contributed by atoms with E-state index in [2.05, 4.69) is 19.1 Å². The smallest absolute Gasteiger partial charge is 0.122 e. The Bertz CT molecular complexity index is 367. The maximum atomic E-state index is 5.84. The van der Waals surface area contributed by atoms with Gasteiger partial charge in [-0.1, -0.05) is 12.1 Å². The molecule has 1 aliphatic heterocycles. The lowest BCUT2D eigenvalue weighted by atomic mass is 9.78. The number of nitrogens with two attached hydrogens (primary N) is 1. The van der Waals surface area contributed by atoms with E-state index in [1.807, 2.05) is 13.0 Å². The highest BCUT2D eigenvalue weighted by Gasteiger charge is 2.39. The molecule has 1 aromatic carbocycles. The molecule has 0 amide bonds. The zero-order valence-corrected chi connectivity index (χ0v) is 9.95. The molecule has 0 aliphatic carbocycles. The minimum Gasteiger partial charge on any atom is -0.494 e. The van der Waals surface area contributed by atoms with Crippen molar-refractivity contribution in [2.75, 3.05) is 26.4 Å². The third-order valence-electron chi connectivity index (χ3n) is 3.23. The average molecular weight is 221 g/mol. The van der Waals surface area contributed by atoms with Crippen molar-refractivity contribution in [2.24, 2.45) is 5.73 Å². The fourth-order valence-corrected chi connectivity index (χ4v) is 2.05. The van der Waals surface area contributed by atoms with Crippen molar-refractivity contribution in [1.82, 2.24) is 0 Å². The number of hydrogen-bond acceptors (Lipinski definition) is 3. The van der Waals surface area contributed by atoms with Crippen LogP contribution >= 0.6 is 0 Å². The van der Waals surface area contributed by atoms with E-state index in [0.29, 0.717) is 13.2 Å². The second-order valence-corrected chi connectivity index (χ2v) is 4.39. The van der Waals surface area contributed by atoms with Crippen molar-refractivity contribution in [2.45, 2.75) is 19.3 Å². The summed E-state index contributed by atoms with van der Waals surface area (Å²) >= 11 is 0. The van der Waals surface area contributed by atoms with Crippen LogP contribution in [0.25, 0.3) is 0 Å². The van der Waals surface area contributed by atoms with Crippen LogP contribution in [0.1, 0.15) is 18.1 Å². The van der Waals surface area contributed by atoms with E-state index in [4.69, 9.17) is 15.2 Å². The van der Waals surface area contributed by atoms with E-state index in [1.165, 1.54) is 11.1 Å². The Morgan fingerprint density at radius 3 is 2.62 bits per heavy atom. The average Bonchev–Trinajstić information content (AvgIpc) is 2.21. The highest BCUT2D eigenvalue weighted by atomic mass is 16.5. The van der Waals surface area contributed by atoms with E-state index in [-0.39, 0.29) is 5.41 Å². The Morgan fingerprint density at radius 2 is 2.19 bits per heavy atom. The first kappa shape index (κ1) is 11.4. The lowest BCUT2D eigenvalue weighted by Gasteiger charge is -2.41. The molecule has 1 saturated heterocycles. The monoisotopic (exact) mass is 221 g/mol. The van der Waals surface area contributed by atoms with Gasteiger partial charge in [0.1, 0.15) is 5.75 Å². The molecule has 1 aromatic rings. The number of aryl methyl sites for hydroxylation is 1. The molecular formula is C13H19NO2. The Labute approximate surface area is 96.5 Å². The fourth-order valence-electron chi connectivity index (χ4n) is 2.05. The van der Waals surface area contributed by atoms with Gasteiger partial charge in [-0.15, -0.1) is 0 Å². The van der Waals surface area contributed by atoms with Gasteiger partial charge in [-0.3, -0.25) is 0 Å². The van der Waals surface area contributed by atoms with Crippen molar-refractivity contribution < 1.29 is 9.47 Å². The number of rotatable bonds is 4. The minimum atomic E-state index is 0.0372. The first-order valence-electron chi connectivity index (χ1n) is 5.73. The van der Waals surface area contributed by atoms with Gasteiger partial charge in [0.2, 0.25) is 0 Å². The maximum Gasteiger partial charge on any atom is 0.122 e. The Kier molecular flexibility index (Phi) is 3.17. The lowest BCUT2D eigenvalue weighted by molar-refractivity contribution is -0.0550. The largest absolute Gasteiger partial charge is 0.494 e. The van der Waals surface area contributed by atoms with Crippen LogP contribution in [-0.4, -0.2) is 26.4 Å². The van der Waals surface area contributed by atoms with Crippen LogP contribution in [0.3, 0.4) is 0 Å². The van der Waals surface area contributed by atoms with E-state index in [1.54, 1.807) is 0 Å². The summed E-state index contributed by atoms with van der Waals surface area (Å²) in [4.78, 5) is 0. The Morgan fingerprint density at radius 1 is 1.44 bits per heavy atom. The minimum absolute atomic E-state index is 0.0372. The topological polar surface area (TPSA) is 44.5 Å². The normalized spacial score (nSPS) is 17.9. The summed E-state index contributed by atoms with van der Waals surface area (Å²) < 4.78 is 10.8. The highest BCUT2D eigenvalue weighted by molar-refractivity contribution is 5.40. The summed E-state index contributed by atoms with van der Waals surface area (Å²) in [7, 11) is 0. The van der Waals surface area contributed by atoms with Gasteiger partial charge in [0.05, 0.1) is 25.2 Å². The molecule has 88 valence electrons. The predicted molar refractivity (Wildman–Crippen MR) is 63.9 cm³/mol. The third kappa shape index (κ3) is 1.81. The molecule has 3 heteroatoms. The summed E-state index contributed by atoms with van der Waals surface area (Å²) in [5.74, 6) is 0.957. The third-order valence-corrected chi connectivity index (χ3v) is 3.23. The van der Waals surface area contributed by atoms with Crippen LogP contribution in [0, 0.1) is 6.92 Å². The molecular weight excluding hydrogens is 202 g/mol. The molecule has 0 atom stereocenters. The van der Waals surface area contributed by atoms with Crippen molar-refractivity contribution in [3.8, 4) is 5.75 Å². The second-order valence-electron chi connectivity index (χ2n) is 4.39. The van der Waals surface area contributed by atoms with E-state index >= 15 is 0 Å². The van der Waals surface area contributed by atoms with Gasteiger partial charge < -0.3 is 15.2 Å². The van der Waals surface area contributed by atoms with Gasteiger partial charge in [-0.2, -0.15) is 0 Å². The zero-order valence-electron chi connectivity index (χ0n) is 9.95. The molecule has 2 N–H and O–H groups in total. The van der Waals surface area contributed by atoms with Crippen molar-refractivity contribution >= 4 is 0 Å². The number of hydrogen-bond donors (Lipinski definition) is 1. The van der Waals surface area contributed by atoms with Gasteiger partial charge in [0.15, 0.2) is 0 Å². The van der Waals surface area contributed by atoms with E-state index < -0.39 is 0 Å². The quantitative estimate of drug-likeness (QED) is 0.840. The Balaban J connectivity index is 2.26. The first-order chi connectivity index (χ1) is 7.72. The zero-order chi connectivity index (χ0) is 11.6. The lowest BCUT2D eigenvalue weighted by Crippen LogP contribution is -2.52. The van der Waals surface area contributed by atoms with Gasteiger partial charge in [-0.05, 0) is 31.0 Å². The van der Waals surface area contributed by atoms with Crippen LogP contribution in [0.5, 0.6) is 5.75 Å². The summed E-state index contributed by atoms with van der Waals surface area (Å²) in [5.41, 5.74) is 8.31. The van der Waals surface area contributed by atoms with Gasteiger partial charge in [-0.25, -0.2) is 0 Å². The van der Waals surface area contributed by atoms with Gasteiger partial charge in [0.25, 0.3) is 0 Å².